The molecule has 0 unspecified atom stereocenters. The number of methoxy groups -OCH3 is 1. The predicted molar refractivity (Wildman–Crippen MR) is 73.6 cm³/mol. The molecule has 2 heterocycles. The van der Waals surface area contributed by atoms with Gasteiger partial charge in [-0.2, -0.15) is 0 Å². The molecule has 0 amide bonds. The van der Waals surface area contributed by atoms with Gasteiger partial charge < -0.3 is 13.6 Å². The lowest BCUT2D eigenvalue weighted by molar-refractivity contribution is -0.137. The number of furan rings is 2. The summed E-state index contributed by atoms with van der Waals surface area (Å²) >= 11 is 1.31. The lowest BCUT2D eigenvalue weighted by atomic mass is 10.1. The first kappa shape index (κ1) is 14.5. The maximum absolute atomic E-state index is 12.1. The smallest absolute Gasteiger partial charge is 0.315 e. The summed E-state index contributed by atoms with van der Waals surface area (Å²) in [6.07, 6.45) is 3.19. The highest BCUT2D eigenvalue weighted by molar-refractivity contribution is 8.00. The monoisotopic (exact) mass is 294 g/mol. The molecule has 5 nitrogen and oxygen atoms in total. The summed E-state index contributed by atoms with van der Waals surface area (Å²) < 4.78 is 15.0. The van der Waals surface area contributed by atoms with Crippen LogP contribution in [0.4, 0.5) is 0 Å². The summed E-state index contributed by atoms with van der Waals surface area (Å²) in [6, 6.07) is 6.81. The molecule has 1 atom stereocenters. The molecule has 106 valence electrons. The van der Waals surface area contributed by atoms with Gasteiger partial charge in [0, 0.05) is 6.42 Å². The maximum atomic E-state index is 12.1. The first-order chi connectivity index (χ1) is 9.70. The van der Waals surface area contributed by atoms with E-state index >= 15 is 0 Å². The van der Waals surface area contributed by atoms with Crippen LogP contribution in [0, 0.1) is 0 Å². The number of ether oxygens (including phenoxy) is 1. The Morgan fingerprint density at radius 3 is 2.60 bits per heavy atom. The number of Topliss-reactive ketones (excluding diaryl/α,β-unsaturated/α-hetero) is 1. The largest absolute Gasteiger partial charge is 0.468 e. The lowest BCUT2D eigenvalue weighted by Gasteiger charge is -2.12. The van der Waals surface area contributed by atoms with Gasteiger partial charge in [0.1, 0.15) is 5.76 Å². The zero-order chi connectivity index (χ0) is 14.4. The minimum atomic E-state index is -0.336. The molecule has 2 aromatic rings. The van der Waals surface area contributed by atoms with Crippen molar-refractivity contribution in [3.05, 3.63) is 48.3 Å². The Labute approximate surface area is 120 Å². The third-order valence-electron chi connectivity index (χ3n) is 2.66. The van der Waals surface area contributed by atoms with Crippen LogP contribution in [-0.4, -0.2) is 24.6 Å². The van der Waals surface area contributed by atoms with Gasteiger partial charge in [0.15, 0.2) is 11.5 Å². The minimum absolute atomic E-state index is 0.131. The van der Waals surface area contributed by atoms with Crippen LogP contribution in [0.1, 0.15) is 28.0 Å². The summed E-state index contributed by atoms with van der Waals surface area (Å²) in [6.45, 7) is 0. The van der Waals surface area contributed by atoms with Crippen LogP contribution in [0.15, 0.2) is 45.6 Å². The minimum Gasteiger partial charge on any atom is -0.468 e. The molecule has 0 saturated heterocycles. The third kappa shape index (κ3) is 3.77. The highest BCUT2D eigenvalue weighted by Crippen LogP contribution is 2.33. The van der Waals surface area contributed by atoms with Crippen molar-refractivity contribution in [2.75, 3.05) is 12.9 Å². The molecule has 0 aliphatic rings. The quantitative estimate of drug-likeness (QED) is 0.577. The third-order valence-corrected chi connectivity index (χ3v) is 3.86. The van der Waals surface area contributed by atoms with Crippen molar-refractivity contribution in [1.82, 2.24) is 0 Å². The molecule has 2 aromatic heterocycles. The number of esters is 1. The standard InChI is InChI=1S/C14H14O5S/c1-17-14(16)9-20-13(12-5-3-7-19-12)8-10(15)11-4-2-6-18-11/h2-7,13H,8-9H2,1H3/t13-/m1/s1. The number of hydrogen-bond donors (Lipinski definition) is 0. The van der Waals surface area contributed by atoms with E-state index in [1.54, 1.807) is 30.5 Å². The fourth-order valence-electron chi connectivity index (χ4n) is 1.65. The first-order valence-electron chi connectivity index (χ1n) is 5.99. The molecule has 0 fully saturated rings. The number of hydrogen-bond acceptors (Lipinski definition) is 6. The van der Waals surface area contributed by atoms with Crippen LogP contribution in [0.5, 0.6) is 0 Å². The zero-order valence-electron chi connectivity index (χ0n) is 10.9. The first-order valence-corrected chi connectivity index (χ1v) is 7.04. The van der Waals surface area contributed by atoms with E-state index in [0.717, 1.165) is 0 Å². The molecule has 0 N–H and O–H groups in total. The van der Waals surface area contributed by atoms with Crippen LogP contribution in [-0.2, 0) is 9.53 Å². The Morgan fingerprint density at radius 1 is 1.25 bits per heavy atom. The zero-order valence-corrected chi connectivity index (χ0v) is 11.7. The van der Waals surface area contributed by atoms with Gasteiger partial charge in [-0.15, -0.1) is 11.8 Å². The Morgan fingerprint density at radius 2 is 2.00 bits per heavy atom. The molecular weight excluding hydrogens is 280 g/mol. The van der Waals surface area contributed by atoms with Gasteiger partial charge in [-0.25, -0.2) is 0 Å². The molecule has 0 aromatic carbocycles. The van der Waals surface area contributed by atoms with Gasteiger partial charge in [0.25, 0.3) is 0 Å². The number of carbonyl (C=O) groups is 2. The molecular formula is C14H14O5S. The second kappa shape index (κ2) is 7.00. The van der Waals surface area contributed by atoms with E-state index in [1.165, 1.54) is 25.1 Å². The Bertz CT molecular complexity index is 544. The van der Waals surface area contributed by atoms with Gasteiger partial charge in [-0.3, -0.25) is 9.59 Å². The number of rotatable bonds is 7. The summed E-state index contributed by atoms with van der Waals surface area (Å²) in [5, 5.41) is -0.248. The molecule has 0 saturated carbocycles. The van der Waals surface area contributed by atoms with Crippen LogP contribution in [0.3, 0.4) is 0 Å². The molecule has 0 aliphatic carbocycles. The average Bonchev–Trinajstić information content (AvgIpc) is 3.14. The molecule has 6 heteroatoms. The van der Waals surface area contributed by atoms with Crippen LogP contribution >= 0.6 is 11.8 Å². The predicted octanol–water partition coefficient (Wildman–Crippen LogP) is 3.09. The number of ketones is 1. The maximum Gasteiger partial charge on any atom is 0.315 e. The van der Waals surface area contributed by atoms with Crippen LogP contribution in [0.25, 0.3) is 0 Å². The van der Waals surface area contributed by atoms with Crippen molar-refractivity contribution in [2.45, 2.75) is 11.7 Å². The summed E-state index contributed by atoms with van der Waals surface area (Å²) in [5.41, 5.74) is 0. The van der Waals surface area contributed by atoms with Crippen molar-refractivity contribution in [3.8, 4) is 0 Å². The Balaban J connectivity index is 2.03. The molecule has 0 aliphatic heterocycles. The van der Waals surface area contributed by atoms with Gasteiger partial charge >= 0.3 is 5.97 Å². The van der Waals surface area contributed by atoms with Gasteiger partial charge in [-0.1, -0.05) is 0 Å². The molecule has 20 heavy (non-hydrogen) atoms. The molecule has 2 rings (SSSR count). The van der Waals surface area contributed by atoms with Gasteiger partial charge in [0.05, 0.1) is 30.6 Å². The van der Waals surface area contributed by atoms with Crippen LogP contribution in [0.2, 0.25) is 0 Å². The van der Waals surface area contributed by atoms with E-state index in [2.05, 4.69) is 4.74 Å². The fourth-order valence-corrected chi connectivity index (χ4v) is 2.67. The molecule has 0 bridgehead atoms. The SMILES string of the molecule is COC(=O)CS[C@H](CC(=O)c1ccco1)c1ccco1. The van der Waals surface area contributed by atoms with Crippen LogP contribution < -0.4 is 0 Å². The average molecular weight is 294 g/mol. The summed E-state index contributed by atoms with van der Waals surface area (Å²) in [5.74, 6) is 0.651. The Hall–Kier alpha value is -1.95. The van der Waals surface area contributed by atoms with Gasteiger partial charge in [0.2, 0.25) is 0 Å². The van der Waals surface area contributed by atoms with E-state index in [9.17, 15) is 9.59 Å². The van der Waals surface area contributed by atoms with Crippen molar-refractivity contribution in [1.29, 1.82) is 0 Å². The number of thioether (sulfide) groups is 1. The fraction of sp³-hybridized carbons (Fsp3) is 0.286. The van der Waals surface area contributed by atoms with Crippen molar-refractivity contribution < 1.29 is 23.2 Å². The topological polar surface area (TPSA) is 69.7 Å². The second-order valence-electron chi connectivity index (χ2n) is 4.00. The van der Waals surface area contributed by atoms with E-state index < -0.39 is 0 Å². The van der Waals surface area contributed by atoms with E-state index in [4.69, 9.17) is 8.83 Å². The lowest BCUT2D eigenvalue weighted by Crippen LogP contribution is -2.09. The normalized spacial score (nSPS) is 12.1. The van der Waals surface area contributed by atoms with E-state index in [-0.39, 0.29) is 29.2 Å². The van der Waals surface area contributed by atoms with E-state index in [1.807, 2.05) is 0 Å². The van der Waals surface area contributed by atoms with Crippen molar-refractivity contribution in [3.63, 3.8) is 0 Å². The van der Waals surface area contributed by atoms with E-state index in [0.29, 0.717) is 11.5 Å². The van der Waals surface area contributed by atoms with Crippen molar-refractivity contribution in [2.24, 2.45) is 0 Å². The molecule has 0 radical (unpaired) electrons. The number of carbonyl (C=O) groups excluding carboxylic acids is 2. The van der Waals surface area contributed by atoms with Crippen molar-refractivity contribution >= 4 is 23.5 Å². The van der Waals surface area contributed by atoms with Gasteiger partial charge in [-0.05, 0) is 24.3 Å². The second-order valence-corrected chi connectivity index (χ2v) is 5.19. The molecule has 0 spiro atoms. The summed E-state index contributed by atoms with van der Waals surface area (Å²) in [4.78, 5) is 23.3. The highest BCUT2D eigenvalue weighted by Gasteiger charge is 2.22. The summed E-state index contributed by atoms with van der Waals surface area (Å²) in [7, 11) is 1.33. The Kier molecular flexibility index (Phi) is 5.06. The highest BCUT2D eigenvalue weighted by atomic mass is 32.2.